The first-order valence-corrected chi connectivity index (χ1v) is 31.3. The number of anilines is 1. The lowest BCUT2D eigenvalue weighted by Gasteiger charge is -2.38. The summed E-state index contributed by atoms with van der Waals surface area (Å²) in [6.45, 7) is 20.4. The first kappa shape index (κ1) is 63.8. The van der Waals surface area contributed by atoms with Crippen LogP contribution in [0.3, 0.4) is 0 Å². The van der Waals surface area contributed by atoms with Gasteiger partial charge in [-0.15, -0.1) is 0 Å². The van der Waals surface area contributed by atoms with Gasteiger partial charge in [-0.1, -0.05) is 125 Å². The molecule has 6 aromatic rings. The Morgan fingerprint density at radius 3 is 1.77 bits per heavy atom. The largest absolute Gasteiger partial charge is 0.488 e. The van der Waals surface area contributed by atoms with Crippen LogP contribution in [0.2, 0.25) is 13.1 Å². The van der Waals surface area contributed by atoms with Gasteiger partial charge in [0.2, 0.25) is 5.91 Å². The lowest BCUT2D eigenvalue weighted by atomic mass is 9.77. The highest BCUT2D eigenvalue weighted by molar-refractivity contribution is 6.98. The highest BCUT2D eigenvalue weighted by Crippen LogP contribution is 2.44. The van der Waals surface area contributed by atoms with Gasteiger partial charge in [-0.2, -0.15) is 0 Å². The maximum Gasteiger partial charge on any atom is 0.488 e. The molecule has 6 aromatic carbocycles. The Hall–Kier alpha value is -6.82. The third-order valence-electron chi connectivity index (χ3n) is 15.9. The fourth-order valence-corrected chi connectivity index (χ4v) is 14.4. The number of hydrogen-bond acceptors (Lipinski definition) is 11. The quantitative estimate of drug-likeness (QED) is 0.0117. The number of fused-ring (bicyclic) bond motifs is 4. The third kappa shape index (κ3) is 15.1. The van der Waals surface area contributed by atoms with E-state index in [1.54, 1.807) is 26.0 Å². The topological polar surface area (TPSA) is 158 Å². The Bertz CT molecular complexity index is 3510. The van der Waals surface area contributed by atoms with E-state index in [0.29, 0.717) is 107 Å². The van der Waals surface area contributed by atoms with Gasteiger partial charge in [-0.25, -0.2) is 4.58 Å². The lowest BCUT2D eigenvalue weighted by Crippen LogP contribution is -2.49. The number of benzene rings is 6. The van der Waals surface area contributed by atoms with Crippen molar-refractivity contribution in [3.05, 3.63) is 196 Å². The molecule has 5 N–H and O–H groups in total. The van der Waals surface area contributed by atoms with Crippen molar-refractivity contribution >= 4 is 88.6 Å². The molecule has 83 heavy (non-hydrogen) atoms. The SMILES string of the molecule is C.C=C(C)C(=O)CCCOCCN(Cc1ccccc1B(O)O)Cc1c2ccccc2c(CN(CCOCCNC(=O)C(=C)C)Cc2ccccc2B(O)O)c2ccc(C3=C4C=CC(=[N+](C)C)C=C4[Si](C)(C)c4cc(N(C)C)ccc43)cc12. The average molecular weight is 1140 g/mol. The summed E-state index contributed by atoms with van der Waals surface area (Å²) in [6.07, 6.45) is 7.88. The first-order chi connectivity index (χ1) is 39.2. The standard InChI is InChI=1S/C66H79B2N5O8Si.CH4/c1-45(2)62(74)24-17-34-80-36-32-73(42-49-19-12-16-23-61(49)68(78)79)44-59-53-21-14-13-20-52(53)58(43-72(33-37-81-35-31-69-66(75)46(3)4)41-48-18-11-15-22-60(48)67(76)77)54-28-25-47(38-57(54)59)65-55-29-26-50(70(5)6)39-63(55)82(9,10)64-40-51(71(7)8)27-30-56(64)65;/h11-16,18-23,25-30,38-40,76-79H,1,3,17,24,31-37,41-44H2,2,4-10H3;1H4/p+1. The Morgan fingerprint density at radius 1 is 0.663 bits per heavy atom. The molecule has 0 radical (unpaired) electrons. The number of carbonyl (C=O) groups is 2. The molecule has 8 rings (SSSR count). The number of amides is 1. The van der Waals surface area contributed by atoms with Crippen LogP contribution < -0.4 is 26.3 Å². The summed E-state index contributed by atoms with van der Waals surface area (Å²) in [4.78, 5) is 31.5. The second-order valence-corrected chi connectivity index (χ2v) is 27.0. The fraction of sp³-hybridized carbons (Fsp3) is 0.328. The van der Waals surface area contributed by atoms with Crippen molar-refractivity contribution in [2.45, 2.75) is 73.4 Å². The predicted molar refractivity (Wildman–Crippen MR) is 346 cm³/mol. The molecule has 1 aliphatic heterocycles. The number of ether oxygens (including phenoxy) is 2. The van der Waals surface area contributed by atoms with Crippen molar-refractivity contribution in [1.82, 2.24) is 15.1 Å². The molecule has 0 saturated carbocycles. The van der Waals surface area contributed by atoms with Crippen molar-refractivity contribution < 1.29 is 43.7 Å². The van der Waals surface area contributed by atoms with Crippen LogP contribution in [0.5, 0.6) is 0 Å². The summed E-state index contributed by atoms with van der Waals surface area (Å²) in [5.41, 5.74) is 12.6. The van der Waals surface area contributed by atoms with Gasteiger partial charge in [0, 0.05) is 96.3 Å². The second-order valence-electron chi connectivity index (χ2n) is 22.6. The molecule has 0 fully saturated rings. The van der Waals surface area contributed by atoms with E-state index >= 15 is 0 Å². The van der Waals surface area contributed by atoms with Crippen LogP contribution in [0.4, 0.5) is 5.69 Å². The zero-order chi connectivity index (χ0) is 58.8. The molecule has 1 heterocycles. The van der Waals surface area contributed by atoms with Crippen LogP contribution in [0.15, 0.2) is 162 Å². The van der Waals surface area contributed by atoms with Gasteiger partial charge in [0.25, 0.3) is 0 Å². The minimum atomic E-state index is -2.28. The van der Waals surface area contributed by atoms with Crippen LogP contribution in [0.1, 0.15) is 67.5 Å². The summed E-state index contributed by atoms with van der Waals surface area (Å²) in [5, 5.41) is 52.3. The number of nitrogens with zero attached hydrogens (tertiary/aromatic N) is 4. The molecular formula is C67H84B2N5O8Si+. The number of allylic oxidation sites excluding steroid dienone is 6. The first-order valence-electron chi connectivity index (χ1n) is 28.3. The van der Waals surface area contributed by atoms with Gasteiger partial charge < -0.3 is 39.8 Å². The second kappa shape index (κ2) is 28.6. The zero-order valence-corrected chi connectivity index (χ0v) is 50.1. The van der Waals surface area contributed by atoms with Crippen molar-refractivity contribution in [3.8, 4) is 0 Å². The van der Waals surface area contributed by atoms with E-state index in [1.807, 2.05) is 36.4 Å². The fourth-order valence-electron chi connectivity index (χ4n) is 11.3. The number of rotatable bonds is 27. The number of Topliss-reactive ketones (excluding diaryl/α,β-unsaturated/α-hetero) is 1. The van der Waals surface area contributed by atoms with E-state index in [2.05, 4.69) is 158 Å². The van der Waals surface area contributed by atoms with Crippen molar-refractivity contribution in [2.75, 3.05) is 79.2 Å². The summed E-state index contributed by atoms with van der Waals surface area (Å²) >= 11 is 0. The molecule has 0 unspecified atom stereocenters. The Balaban J connectivity index is 0.00000990. The number of ketones is 1. The van der Waals surface area contributed by atoms with Crippen LogP contribution >= 0.6 is 0 Å². The average Bonchev–Trinajstić information content (AvgIpc) is 1.43. The predicted octanol–water partition coefficient (Wildman–Crippen LogP) is 7.19. The molecule has 0 saturated heterocycles. The van der Waals surface area contributed by atoms with Crippen LogP contribution in [-0.2, 0) is 45.2 Å². The van der Waals surface area contributed by atoms with Gasteiger partial charge in [0.05, 0.1) is 19.8 Å². The molecule has 1 aliphatic carbocycles. The molecule has 0 spiro atoms. The molecule has 434 valence electrons. The number of carbonyl (C=O) groups excluding carboxylic acids is 2. The third-order valence-corrected chi connectivity index (χ3v) is 19.4. The highest BCUT2D eigenvalue weighted by atomic mass is 28.3. The summed E-state index contributed by atoms with van der Waals surface area (Å²) in [6, 6.07) is 37.2. The molecule has 0 bridgehead atoms. The smallest absolute Gasteiger partial charge is 0.423 e. The minimum absolute atomic E-state index is 0. The zero-order valence-electron chi connectivity index (χ0n) is 49.1. The lowest BCUT2D eigenvalue weighted by molar-refractivity contribution is -0.462. The monoisotopic (exact) mass is 1140 g/mol. The van der Waals surface area contributed by atoms with Crippen molar-refractivity contribution in [3.63, 3.8) is 0 Å². The molecule has 1 amide bonds. The van der Waals surface area contributed by atoms with E-state index in [9.17, 15) is 29.7 Å². The van der Waals surface area contributed by atoms with Crippen LogP contribution in [-0.4, -0.2) is 148 Å². The molecule has 0 atom stereocenters. The van der Waals surface area contributed by atoms with Gasteiger partial charge in [0.1, 0.15) is 22.2 Å². The van der Waals surface area contributed by atoms with E-state index in [1.165, 1.54) is 27.1 Å². The number of hydrogen-bond donors (Lipinski definition) is 5. The van der Waals surface area contributed by atoms with Gasteiger partial charge in [-0.05, 0) is 137 Å². The maximum atomic E-state index is 12.4. The van der Waals surface area contributed by atoms with Crippen LogP contribution in [0.25, 0.3) is 27.1 Å². The van der Waals surface area contributed by atoms with E-state index in [4.69, 9.17) is 9.47 Å². The summed E-state index contributed by atoms with van der Waals surface area (Å²) < 4.78 is 14.6. The van der Waals surface area contributed by atoms with Crippen molar-refractivity contribution in [2.24, 2.45) is 0 Å². The Labute approximate surface area is 493 Å². The number of nitrogens with one attached hydrogen (secondary N) is 1. The van der Waals surface area contributed by atoms with E-state index < -0.39 is 22.3 Å². The van der Waals surface area contributed by atoms with Gasteiger partial charge in [0.15, 0.2) is 11.5 Å². The Kier molecular flexibility index (Phi) is 22.0. The molecule has 2 aliphatic rings. The van der Waals surface area contributed by atoms with E-state index in [0.717, 1.165) is 60.8 Å². The normalized spacial score (nSPS) is 13.4. The molecule has 16 heteroatoms. The Morgan fingerprint density at radius 2 is 1.22 bits per heavy atom. The van der Waals surface area contributed by atoms with Gasteiger partial charge in [-0.3, -0.25) is 19.4 Å². The highest BCUT2D eigenvalue weighted by Gasteiger charge is 2.41. The maximum absolute atomic E-state index is 12.4. The molecular weight excluding hydrogens is 1050 g/mol. The van der Waals surface area contributed by atoms with E-state index in [-0.39, 0.29) is 19.1 Å². The van der Waals surface area contributed by atoms with Crippen LogP contribution in [0, 0.1) is 0 Å². The van der Waals surface area contributed by atoms with Gasteiger partial charge >= 0.3 is 14.2 Å². The van der Waals surface area contributed by atoms with Crippen molar-refractivity contribution in [1.29, 1.82) is 0 Å². The minimum Gasteiger partial charge on any atom is -0.423 e. The molecule has 0 aromatic heterocycles. The summed E-state index contributed by atoms with van der Waals surface area (Å²) in [5.74, 6) is -0.195. The molecule has 13 nitrogen and oxygen atoms in total. The summed E-state index contributed by atoms with van der Waals surface area (Å²) in [7, 11) is 2.77.